The van der Waals surface area contributed by atoms with E-state index < -0.39 is 11.7 Å². The van der Waals surface area contributed by atoms with E-state index in [4.69, 9.17) is 16.3 Å². The lowest BCUT2D eigenvalue weighted by molar-refractivity contribution is -0.146. The summed E-state index contributed by atoms with van der Waals surface area (Å²) in [6.45, 7) is 0. The third kappa shape index (κ3) is 3.73. The molecule has 0 aromatic heterocycles. The zero-order valence-corrected chi connectivity index (χ0v) is 12.5. The van der Waals surface area contributed by atoms with Crippen LogP contribution in [0.25, 0.3) is 0 Å². The molecule has 21 heavy (non-hydrogen) atoms. The van der Waals surface area contributed by atoms with Crippen molar-refractivity contribution in [2.75, 3.05) is 7.11 Å². The molecule has 1 amide bonds. The molecule has 1 aliphatic carbocycles. The lowest BCUT2D eigenvalue weighted by Gasteiger charge is -2.27. The summed E-state index contributed by atoms with van der Waals surface area (Å²) in [5.41, 5.74) is -0.130. The number of ether oxygens (including phenoxy) is 1. The molecular weight excluding hydrogens is 297 g/mol. The first-order chi connectivity index (χ1) is 10.0. The summed E-state index contributed by atoms with van der Waals surface area (Å²) in [6.07, 6.45) is 2.64. The SMILES string of the molecule is COC(=O)C1CCC(NC(=O)c2c(F)cccc2Cl)CC1. The van der Waals surface area contributed by atoms with E-state index in [2.05, 4.69) is 5.32 Å². The molecule has 1 aromatic rings. The molecule has 6 heteroatoms. The van der Waals surface area contributed by atoms with Gasteiger partial charge < -0.3 is 10.1 Å². The summed E-state index contributed by atoms with van der Waals surface area (Å²) in [7, 11) is 1.37. The zero-order valence-electron chi connectivity index (χ0n) is 11.7. The third-order valence-corrected chi connectivity index (χ3v) is 4.10. The van der Waals surface area contributed by atoms with Crippen LogP contribution in [0, 0.1) is 11.7 Å². The molecule has 1 aromatic carbocycles. The van der Waals surface area contributed by atoms with Crippen LogP contribution in [-0.2, 0) is 9.53 Å². The minimum Gasteiger partial charge on any atom is -0.469 e. The number of carbonyl (C=O) groups is 2. The van der Waals surface area contributed by atoms with Crippen LogP contribution in [0.5, 0.6) is 0 Å². The predicted molar refractivity (Wildman–Crippen MR) is 76.6 cm³/mol. The van der Waals surface area contributed by atoms with E-state index in [1.807, 2.05) is 0 Å². The Balaban J connectivity index is 1.95. The molecule has 0 aliphatic heterocycles. The number of nitrogens with one attached hydrogen (secondary N) is 1. The van der Waals surface area contributed by atoms with Gasteiger partial charge in [0.15, 0.2) is 0 Å². The molecular formula is C15H17ClFNO3. The Bertz CT molecular complexity index is 521. The standard InChI is InChI=1S/C15H17ClFNO3/c1-21-15(20)9-5-7-10(8-6-9)18-14(19)13-11(16)3-2-4-12(13)17/h2-4,9-10H,5-8H2,1H3,(H,18,19). The van der Waals surface area contributed by atoms with Crippen molar-refractivity contribution in [3.8, 4) is 0 Å². The highest BCUT2D eigenvalue weighted by Crippen LogP contribution is 2.26. The lowest BCUT2D eigenvalue weighted by Crippen LogP contribution is -2.39. The van der Waals surface area contributed by atoms with Gasteiger partial charge in [0, 0.05) is 6.04 Å². The first kappa shape index (κ1) is 15.8. The fraction of sp³-hybridized carbons (Fsp3) is 0.467. The second-order valence-corrected chi connectivity index (χ2v) is 5.55. The zero-order chi connectivity index (χ0) is 15.4. The lowest BCUT2D eigenvalue weighted by atomic mass is 9.86. The summed E-state index contributed by atoms with van der Waals surface area (Å²) in [5.74, 6) is -1.47. The summed E-state index contributed by atoms with van der Waals surface area (Å²) >= 11 is 5.86. The molecule has 2 rings (SSSR count). The molecule has 4 nitrogen and oxygen atoms in total. The van der Waals surface area contributed by atoms with Crippen molar-refractivity contribution < 1.29 is 18.7 Å². The summed E-state index contributed by atoms with van der Waals surface area (Å²) in [4.78, 5) is 23.5. The van der Waals surface area contributed by atoms with Gasteiger partial charge in [-0.15, -0.1) is 0 Å². The Morgan fingerprint density at radius 3 is 2.52 bits per heavy atom. The second kappa shape index (κ2) is 6.89. The van der Waals surface area contributed by atoms with Crippen LogP contribution >= 0.6 is 11.6 Å². The Morgan fingerprint density at radius 1 is 1.29 bits per heavy atom. The van der Waals surface area contributed by atoms with Crippen molar-refractivity contribution >= 4 is 23.5 Å². The quantitative estimate of drug-likeness (QED) is 0.873. The topological polar surface area (TPSA) is 55.4 Å². The highest BCUT2D eigenvalue weighted by molar-refractivity contribution is 6.33. The van der Waals surface area contributed by atoms with E-state index >= 15 is 0 Å². The number of hydrogen-bond acceptors (Lipinski definition) is 3. The Hall–Kier alpha value is -1.62. The maximum Gasteiger partial charge on any atom is 0.308 e. The number of halogens is 2. The van der Waals surface area contributed by atoms with Crippen molar-refractivity contribution in [3.05, 3.63) is 34.6 Å². The molecule has 0 spiro atoms. The van der Waals surface area contributed by atoms with E-state index in [1.165, 1.54) is 25.3 Å². The van der Waals surface area contributed by atoms with Crippen molar-refractivity contribution in [1.82, 2.24) is 5.32 Å². The number of amides is 1. The van der Waals surface area contributed by atoms with Crippen LogP contribution in [0.2, 0.25) is 5.02 Å². The number of methoxy groups -OCH3 is 1. The molecule has 1 fully saturated rings. The van der Waals surface area contributed by atoms with E-state index in [0.29, 0.717) is 25.7 Å². The fourth-order valence-electron chi connectivity index (χ4n) is 2.61. The first-order valence-electron chi connectivity index (χ1n) is 6.85. The molecule has 114 valence electrons. The molecule has 1 N–H and O–H groups in total. The Labute approximate surface area is 127 Å². The molecule has 0 radical (unpaired) electrons. The van der Waals surface area contributed by atoms with Crippen molar-refractivity contribution in [1.29, 1.82) is 0 Å². The van der Waals surface area contributed by atoms with Crippen molar-refractivity contribution in [3.63, 3.8) is 0 Å². The average Bonchev–Trinajstić information content (AvgIpc) is 2.47. The number of benzene rings is 1. The Morgan fingerprint density at radius 2 is 1.95 bits per heavy atom. The van der Waals surface area contributed by atoms with Crippen LogP contribution in [-0.4, -0.2) is 25.0 Å². The molecule has 0 bridgehead atoms. The van der Waals surface area contributed by atoms with E-state index in [-0.39, 0.29) is 28.5 Å². The van der Waals surface area contributed by atoms with Gasteiger partial charge in [0.1, 0.15) is 5.82 Å². The van der Waals surface area contributed by atoms with Crippen LogP contribution in [0.15, 0.2) is 18.2 Å². The molecule has 0 unspecified atom stereocenters. The van der Waals surface area contributed by atoms with Gasteiger partial charge in [-0.3, -0.25) is 9.59 Å². The maximum absolute atomic E-state index is 13.7. The largest absolute Gasteiger partial charge is 0.469 e. The summed E-state index contributed by atoms with van der Waals surface area (Å²) in [6, 6.07) is 4.06. The van der Waals surface area contributed by atoms with Crippen LogP contribution in [0.3, 0.4) is 0 Å². The predicted octanol–water partition coefficient (Wildman–Crippen LogP) is 2.94. The second-order valence-electron chi connectivity index (χ2n) is 5.14. The molecule has 0 heterocycles. The molecule has 1 saturated carbocycles. The first-order valence-corrected chi connectivity index (χ1v) is 7.23. The summed E-state index contributed by atoms with van der Waals surface area (Å²) < 4.78 is 18.4. The van der Waals surface area contributed by atoms with Gasteiger partial charge in [0.25, 0.3) is 5.91 Å². The highest BCUT2D eigenvalue weighted by atomic mass is 35.5. The molecule has 0 atom stereocenters. The monoisotopic (exact) mass is 313 g/mol. The van der Waals surface area contributed by atoms with Gasteiger partial charge in [-0.1, -0.05) is 17.7 Å². The van der Waals surface area contributed by atoms with Gasteiger partial charge in [-0.25, -0.2) is 4.39 Å². The molecule has 0 saturated heterocycles. The number of hydrogen-bond donors (Lipinski definition) is 1. The van der Waals surface area contributed by atoms with Gasteiger partial charge in [-0.2, -0.15) is 0 Å². The van der Waals surface area contributed by atoms with Gasteiger partial charge in [0.2, 0.25) is 0 Å². The van der Waals surface area contributed by atoms with Gasteiger partial charge >= 0.3 is 5.97 Å². The third-order valence-electron chi connectivity index (χ3n) is 3.79. The number of esters is 1. The minimum absolute atomic E-state index is 0.0749. The normalized spacial score (nSPS) is 21.7. The Kier molecular flexibility index (Phi) is 5.17. The summed E-state index contributed by atoms with van der Waals surface area (Å²) in [5, 5.41) is 2.87. The van der Waals surface area contributed by atoms with E-state index in [9.17, 15) is 14.0 Å². The maximum atomic E-state index is 13.7. The van der Waals surface area contributed by atoms with Crippen LogP contribution in [0.4, 0.5) is 4.39 Å². The van der Waals surface area contributed by atoms with Crippen molar-refractivity contribution in [2.45, 2.75) is 31.7 Å². The average molecular weight is 314 g/mol. The highest BCUT2D eigenvalue weighted by Gasteiger charge is 2.28. The van der Waals surface area contributed by atoms with Gasteiger partial charge in [-0.05, 0) is 37.8 Å². The van der Waals surface area contributed by atoms with Gasteiger partial charge in [0.05, 0.1) is 23.6 Å². The van der Waals surface area contributed by atoms with E-state index in [0.717, 1.165) is 0 Å². The van der Waals surface area contributed by atoms with Crippen molar-refractivity contribution in [2.24, 2.45) is 5.92 Å². The smallest absolute Gasteiger partial charge is 0.308 e. The van der Waals surface area contributed by atoms with Crippen LogP contribution < -0.4 is 5.32 Å². The fourth-order valence-corrected chi connectivity index (χ4v) is 2.86. The van der Waals surface area contributed by atoms with Crippen LogP contribution in [0.1, 0.15) is 36.0 Å². The molecule has 1 aliphatic rings. The minimum atomic E-state index is -0.636. The number of rotatable bonds is 3. The van der Waals surface area contributed by atoms with E-state index in [1.54, 1.807) is 0 Å². The number of carbonyl (C=O) groups excluding carboxylic acids is 2.